The summed E-state index contributed by atoms with van der Waals surface area (Å²) in [5.41, 5.74) is 0.717. The minimum absolute atomic E-state index is 0.101. The Balaban J connectivity index is 2.03. The summed E-state index contributed by atoms with van der Waals surface area (Å²) in [4.78, 5) is 16.0. The molecule has 4 nitrogen and oxygen atoms in total. The summed E-state index contributed by atoms with van der Waals surface area (Å²) < 4.78 is 10.6. The van der Waals surface area contributed by atoms with Crippen molar-refractivity contribution in [3.8, 4) is 0 Å². The third-order valence-corrected chi connectivity index (χ3v) is 3.12. The zero-order valence-electron chi connectivity index (χ0n) is 9.43. The van der Waals surface area contributed by atoms with Gasteiger partial charge in [0.15, 0.2) is 10.8 Å². The van der Waals surface area contributed by atoms with Crippen LogP contribution in [-0.4, -0.2) is 24.0 Å². The van der Waals surface area contributed by atoms with Crippen molar-refractivity contribution >= 4 is 17.1 Å². The predicted octanol–water partition coefficient (Wildman–Crippen LogP) is 2.42. The lowest BCUT2D eigenvalue weighted by atomic mass is 10.1. The fourth-order valence-corrected chi connectivity index (χ4v) is 2.28. The fourth-order valence-electron chi connectivity index (χ4n) is 1.51. The van der Waals surface area contributed by atoms with Gasteiger partial charge in [0.1, 0.15) is 5.69 Å². The van der Waals surface area contributed by atoms with Gasteiger partial charge in [-0.05, 0) is 5.92 Å². The summed E-state index contributed by atoms with van der Waals surface area (Å²) in [6.45, 7) is 5.24. The number of carbonyl (C=O) groups is 1. The van der Waals surface area contributed by atoms with E-state index in [1.165, 1.54) is 11.3 Å². The normalized spacial score (nSPS) is 17.2. The first-order valence-corrected chi connectivity index (χ1v) is 6.26. The molecule has 88 valence electrons. The number of aromatic nitrogens is 1. The Labute approximate surface area is 98.6 Å². The first-order chi connectivity index (χ1) is 7.66. The molecule has 1 saturated heterocycles. The molecule has 0 aliphatic carbocycles. The first kappa shape index (κ1) is 11.7. The Morgan fingerprint density at radius 3 is 2.88 bits per heavy atom. The Bertz CT molecular complexity index is 369. The van der Waals surface area contributed by atoms with E-state index in [2.05, 4.69) is 4.98 Å². The number of hydrogen-bond acceptors (Lipinski definition) is 5. The summed E-state index contributed by atoms with van der Waals surface area (Å²) in [7, 11) is 0. The van der Waals surface area contributed by atoms with E-state index in [1.807, 2.05) is 19.2 Å². The number of nitrogens with zero attached hydrogens (tertiary/aromatic N) is 1. The molecule has 1 aromatic heterocycles. The van der Waals surface area contributed by atoms with E-state index in [0.717, 1.165) is 5.69 Å². The number of carbonyl (C=O) groups excluding carboxylic acids is 1. The molecule has 1 fully saturated rings. The molecule has 1 aliphatic rings. The van der Waals surface area contributed by atoms with Gasteiger partial charge in [0.05, 0.1) is 13.2 Å². The van der Waals surface area contributed by atoms with Gasteiger partial charge in [0.2, 0.25) is 6.29 Å². The number of thiazole rings is 1. The van der Waals surface area contributed by atoms with Crippen LogP contribution in [0.2, 0.25) is 0 Å². The van der Waals surface area contributed by atoms with Crippen molar-refractivity contribution in [2.45, 2.75) is 26.6 Å². The third-order valence-electron chi connectivity index (χ3n) is 2.22. The predicted molar refractivity (Wildman–Crippen MR) is 60.5 cm³/mol. The van der Waals surface area contributed by atoms with E-state index in [0.29, 0.717) is 30.6 Å². The lowest BCUT2D eigenvalue weighted by molar-refractivity contribution is -0.0469. The molecular weight excluding hydrogens is 226 g/mol. The van der Waals surface area contributed by atoms with Gasteiger partial charge in [-0.15, -0.1) is 11.3 Å². The fraction of sp³-hybridized carbons (Fsp3) is 0.636. The molecule has 0 spiro atoms. The molecule has 0 unspecified atom stereocenters. The van der Waals surface area contributed by atoms with Gasteiger partial charge >= 0.3 is 0 Å². The van der Waals surface area contributed by atoms with E-state index in [-0.39, 0.29) is 12.1 Å². The molecule has 2 heterocycles. The van der Waals surface area contributed by atoms with Crippen molar-refractivity contribution in [2.24, 2.45) is 5.92 Å². The molecular formula is C11H15NO3S. The Morgan fingerprint density at radius 2 is 2.25 bits per heavy atom. The van der Waals surface area contributed by atoms with Gasteiger partial charge in [0.25, 0.3) is 0 Å². The summed E-state index contributed by atoms with van der Waals surface area (Å²) in [6, 6.07) is 0. The summed E-state index contributed by atoms with van der Waals surface area (Å²) >= 11 is 1.37. The zero-order chi connectivity index (χ0) is 11.5. The van der Waals surface area contributed by atoms with Gasteiger partial charge < -0.3 is 9.47 Å². The minimum Gasteiger partial charge on any atom is -0.345 e. The van der Waals surface area contributed by atoms with Crippen LogP contribution in [0.15, 0.2) is 5.38 Å². The van der Waals surface area contributed by atoms with Gasteiger partial charge in [0, 0.05) is 11.8 Å². The molecule has 0 atom stereocenters. The summed E-state index contributed by atoms with van der Waals surface area (Å²) in [6.07, 6.45) is 0.163. The Kier molecular flexibility index (Phi) is 3.68. The maximum atomic E-state index is 11.7. The molecule has 0 amide bonds. The van der Waals surface area contributed by atoms with Crippen LogP contribution in [0, 0.1) is 5.92 Å². The standard InChI is InChI=1S/C11H15NO3S/c1-7(2)5-9(13)10-12-8(6-16-10)11-14-3-4-15-11/h6-7,11H,3-5H2,1-2H3. The number of ketones is 1. The average molecular weight is 241 g/mol. The average Bonchev–Trinajstić information content (AvgIpc) is 2.87. The molecule has 1 aromatic rings. The van der Waals surface area contributed by atoms with Crippen molar-refractivity contribution in [1.29, 1.82) is 0 Å². The van der Waals surface area contributed by atoms with Crippen LogP contribution in [0.1, 0.15) is 42.1 Å². The SMILES string of the molecule is CC(C)CC(=O)c1nc(C2OCCO2)cs1. The van der Waals surface area contributed by atoms with Crippen molar-refractivity contribution in [2.75, 3.05) is 13.2 Å². The highest BCUT2D eigenvalue weighted by Crippen LogP contribution is 2.25. The maximum Gasteiger partial charge on any atom is 0.202 e. The lowest BCUT2D eigenvalue weighted by Crippen LogP contribution is -2.04. The second-order valence-corrected chi connectivity index (χ2v) is 5.03. The number of rotatable bonds is 4. The maximum absolute atomic E-state index is 11.7. The number of hydrogen-bond donors (Lipinski definition) is 0. The highest BCUT2D eigenvalue weighted by molar-refractivity contribution is 7.11. The molecule has 2 rings (SSSR count). The smallest absolute Gasteiger partial charge is 0.202 e. The number of ether oxygens (including phenoxy) is 2. The molecule has 5 heteroatoms. The molecule has 0 N–H and O–H groups in total. The largest absolute Gasteiger partial charge is 0.345 e. The van der Waals surface area contributed by atoms with Crippen molar-refractivity contribution < 1.29 is 14.3 Å². The molecule has 1 aliphatic heterocycles. The monoisotopic (exact) mass is 241 g/mol. The van der Waals surface area contributed by atoms with Crippen LogP contribution in [-0.2, 0) is 9.47 Å². The van der Waals surface area contributed by atoms with Crippen LogP contribution < -0.4 is 0 Å². The van der Waals surface area contributed by atoms with E-state index in [1.54, 1.807) is 0 Å². The molecule has 0 saturated carbocycles. The quantitative estimate of drug-likeness (QED) is 0.759. The van der Waals surface area contributed by atoms with E-state index < -0.39 is 0 Å². The minimum atomic E-state index is -0.378. The van der Waals surface area contributed by atoms with Crippen LogP contribution >= 0.6 is 11.3 Å². The van der Waals surface area contributed by atoms with E-state index in [4.69, 9.17) is 9.47 Å². The van der Waals surface area contributed by atoms with E-state index in [9.17, 15) is 4.79 Å². The van der Waals surface area contributed by atoms with Gasteiger partial charge in [-0.1, -0.05) is 13.8 Å². The first-order valence-electron chi connectivity index (χ1n) is 5.38. The van der Waals surface area contributed by atoms with Crippen molar-refractivity contribution in [3.63, 3.8) is 0 Å². The van der Waals surface area contributed by atoms with Crippen LogP contribution in [0.3, 0.4) is 0 Å². The van der Waals surface area contributed by atoms with Gasteiger partial charge in [-0.25, -0.2) is 4.98 Å². The second kappa shape index (κ2) is 5.03. The van der Waals surface area contributed by atoms with Gasteiger partial charge in [-0.2, -0.15) is 0 Å². The van der Waals surface area contributed by atoms with Crippen LogP contribution in [0.5, 0.6) is 0 Å². The molecule has 16 heavy (non-hydrogen) atoms. The van der Waals surface area contributed by atoms with Crippen molar-refractivity contribution in [1.82, 2.24) is 4.98 Å². The Hall–Kier alpha value is -0.780. The highest BCUT2D eigenvalue weighted by Gasteiger charge is 2.22. The zero-order valence-corrected chi connectivity index (χ0v) is 10.3. The summed E-state index contributed by atoms with van der Waals surface area (Å²) in [5.74, 6) is 0.461. The van der Waals surface area contributed by atoms with E-state index >= 15 is 0 Å². The second-order valence-electron chi connectivity index (χ2n) is 4.17. The Morgan fingerprint density at radius 1 is 1.56 bits per heavy atom. The molecule has 0 aromatic carbocycles. The highest BCUT2D eigenvalue weighted by atomic mass is 32.1. The van der Waals surface area contributed by atoms with Crippen LogP contribution in [0.25, 0.3) is 0 Å². The summed E-state index contributed by atoms with van der Waals surface area (Å²) in [5, 5.41) is 2.40. The topological polar surface area (TPSA) is 48.4 Å². The van der Waals surface area contributed by atoms with Crippen molar-refractivity contribution in [3.05, 3.63) is 16.1 Å². The van der Waals surface area contributed by atoms with Gasteiger partial charge in [-0.3, -0.25) is 4.79 Å². The van der Waals surface area contributed by atoms with Crippen LogP contribution in [0.4, 0.5) is 0 Å². The third kappa shape index (κ3) is 2.66. The number of Topliss-reactive ketones (excluding diaryl/α,β-unsaturated/α-hetero) is 1. The lowest BCUT2D eigenvalue weighted by Gasteiger charge is -2.04. The molecule has 0 bridgehead atoms. The molecule has 0 radical (unpaired) electrons.